The number of carbonyl (C=O) groups excluding carboxylic acids is 3. The first-order chi connectivity index (χ1) is 9.88. The summed E-state index contributed by atoms with van der Waals surface area (Å²) < 4.78 is 11.7. The molecule has 4 N–H and O–H groups in total. The molecule has 10 heteroatoms. The lowest BCUT2D eigenvalue weighted by Crippen LogP contribution is -2.46. The van der Waals surface area contributed by atoms with Gasteiger partial charge < -0.3 is 20.8 Å². The maximum absolute atomic E-state index is 11.7. The molecule has 9 nitrogen and oxygen atoms in total. The van der Waals surface area contributed by atoms with Gasteiger partial charge in [-0.3, -0.25) is 9.18 Å². The number of carboxylic acid groups (broad SMARTS) is 2. The van der Waals surface area contributed by atoms with Gasteiger partial charge in [-0.1, -0.05) is 0 Å². The Morgan fingerprint density at radius 1 is 1.14 bits per heavy atom. The Labute approximate surface area is 119 Å². The molecule has 0 fully saturated rings. The van der Waals surface area contributed by atoms with Crippen molar-refractivity contribution in [2.45, 2.75) is 31.7 Å². The molecule has 0 aromatic heterocycles. The first-order valence-electron chi connectivity index (χ1n) is 5.93. The van der Waals surface area contributed by atoms with Crippen LogP contribution in [0.2, 0.25) is 0 Å². The zero-order valence-corrected chi connectivity index (χ0v) is 11.1. The topological polar surface area (TPSA) is 150 Å². The van der Waals surface area contributed by atoms with Gasteiger partial charge in [0.15, 0.2) is 0 Å². The van der Waals surface area contributed by atoms with Gasteiger partial charge in [0.1, 0.15) is 6.04 Å². The van der Waals surface area contributed by atoms with E-state index in [1.165, 1.54) is 0 Å². The summed E-state index contributed by atoms with van der Waals surface area (Å²) in [5.41, 5.74) is 0. The van der Waals surface area contributed by atoms with E-state index in [0.717, 1.165) is 0 Å². The molecule has 0 saturated heterocycles. The molecule has 0 heterocycles. The largest absolute Gasteiger partial charge is 0.481 e. The third-order valence-electron chi connectivity index (χ3n) is 2.10. The maximum Gasteiger partial charge on any atom is 0.373 e. The van der Waals surface area contributed by atoms with Crippen LogP contribution in [-0.4, -0.2) is 53.6 Å². The summed E-state index contributed by atoms with van der Waals surface area (Å²) in [5.74, 6) is -2.43. The monoisotopic (exact) mass is 308 g/mol. The normalized spacial score (nSPS) is 10.3. The molecule has 0 aliphatic rings. The third kappa shape index (κ3) is 15.5. The summed E-state index contributed by atoms with van der Waals surface area (Å²) >= 11 is 0. The molecule has 0 aromatic carbocycles. The van der Waals surface area contributed by atoms with Crippen LogP contribution in [0.15, 0.2) is 0 Å². The first-order valence-corrected chi connectivity index (χ1v) is 5.93. The second kappa shape index (κ2) is 13.9. The van der Waals surface area contributed by atoms with E-state index >= 15 is 0 Å². The second-order valence-electron chi connectivity index (χ2n) is 3.70. The molecule has 0 rings (SSSR count). The van der Waals surface area contributed by atoms with Crippen molar-refractivity contribution < 1.29 is 38.6 Å². The minimum Gasteiger partial charge on any atom is -0.481 e. The zero-order valence-electron chi connectivity index (χ0n) is 11.1. The number of nitrogens with one attached hydrogen (secondary N) is 2. The van der Waals surface area contributed by atoms with Crippen LogP contribution in [0.4, 0.5) is 9.18 Å². The van der Waals surface area contributed by atoms with Crippen molar-refractivity contribution in [3.05, 3.63) is 0 Å². The molecule has 120 valence electrons. The van der Waals surface area contributed by atoms with E-state index in [2.05, 4.69) is 10.6 Å². The third-order valence-corrected chi connectivity index (χ3v) is 2.10. The number of halogens is 1. The van der Waals surface area contributed by atoms with Crippen LogP contribution in [-0.2, 0) is 19.2 Å². The summed E-state index contributed by atoms with van der Waals surface area (Å²) in [5, 5.41) is 21.7. The summed E-state index contributed by atoms with van der Waals surface area (Å²) in [6.45, 7) is -0.235. The van der Waals surface area contributed by atoms with Gasteiger partial charge in [-0.05, 0) is 19.3 Å². The molecule has 0 radical (unpaired) electrons. The van der Waals surface area contributed by atoms with E-state index in [1.54, 1.807) is 0 Å². The fourth-order valence-electron chi connectivity index (χ4n) is 1.16. The van der Waals surface area contributed by atoms with Gasteiger partial charge in [0.25, 0.3) is 0 Å². The average molecular weight is 308 g/mol. The molecule has 2 amide bonds. The van der Waals surface area contributed by atoms with Gasteiger partial charge in [0.2, 0.25) is 0 Å². The summed E-state index contributed by atoms with van der Waals surface area (Å²) in [4.78, 5) is 48.5. The number of carboxylic acids is 2. The molecular weight excluding hydrogens is 291 g/mol. The number of rotatable bonds is 9. The first kappa shape index (κ1) is 20.8. The van der Waals surface area contributed by atoms with Crippen molar-refractivity contribution in [3.63, 3.8) is 0 Å². The van der Waals surface area contributed by atoms with Crippen molar-refractivity contribution in [1.82, 2.24) is 10.6 Å². The molecule has 0 unspecified atom stereocenters. The molecule has 21 heavy (non-hydrogen) atoms. The Hall–Kier alpha value is -2.48. The Balaban J connectivity index is 0. The Kier molecular flexibility index (Phi) is 13.8. The van der Waals surface area contributed by atoms with Gasteiger partial charge in [-0.2, -0.15) is 9.59 Å². The SMILES string of the molecule is O=C(O)CC[C@H](NC(=O)NCCCCF)C(=O)O.O=C=O. The van der Waals surface area contributed by atoms with Gasteiger partial charge in [0.05, 0.1) is 6.67 Å². The molecule has 0 bridgehead atoms. The number of carbonyl (C=O) groups is 3. The fourth-order valence-corrected chi connectivity index (χ4v) is 1.16. The van der Waals surface area contributed by atoms with Gasteiger partial charge in [-0.15, -0.1) is 0 Å². The highest BCUT2D eigenvalue weighted by atomic mass is 19.1. The number of amides is 2. The van der Waals surface area contributed by atoms with E-state index in [0.29, 0.717) is 12.8 Å². The van der Waals surface area contributed by atoms with Crippen LogP contribution in [0.25, 0.3) is 0 Å². The Bertz CT molecular complexity index is 370. The van der Waals surface area contributed by atoms with E-state index in [9.17, 15) is 18.8 Å². The average Bonchev–Trinajstić information content (AvgIpc) is 2.40. The van der Waals surface area contributed by atoms with E-state index < -0.39 is 30.7 Å². The second-order valence-corrected chi connectivity index (χ2v) is 3.70. The molecule has 0 spiro atoms. The maximum atomic E-state index is 11.7. The van der Waals surface area contributed by atoms with Gasteiger partial charge >= 0.3 is 24.1 Å². The number of aliphatic carboxylic acids is 2. The summed E-state index contributed by atoms with van der Waals surface area (Å²) in [6.07, 6.45) is 0.486. The molecular formula is C11H17FN2O7. The number of urea groups is 1. The number of hydrogen-bond donors (Lipinski definition) is 4. The van der Waals surface area contributed by atoms with Crippen molar-refractivity contribution in [3.8, 4) is 0 Å². The highest BCUT2D eigenvalue weighted by Gasteiger charge is 2.20. The van der Waals surface area contributed by atoms with Crippen molar-refractivity contribution >= 4 is 24.1 Å². The smallest absolute Gasteiger partial charge is 0.373 e. The fraction of sp³-hybridized carbons (Fsp3) is 0.636. The molecule has 0 aliphatic carbocycles. The van der Waals surface area contributed by atoms with Crippen LogP contribution in [0.5, 0.6) is 0 Å². The van der Waals surface area contributed by atoms with Crippen LogP contribution >= 0.6 is 0 Å². The summed E-state index contributed by atoms with van der Waals surface area (Å²) in [6, 6.07) is -1.95. The quantitative estimate of drug-likeness (QED) is 0.429. The van der Waals surface area contributed by atoms with Crippen molar-refractivity contribution in [1.29, 1.82) is 0 Å². The van der Waals surface area contributed by atoms with Crippen molar-refractivity contribution in [2.75, 3.05) is 13.2 Å². The highest BCUT2D eigenvalue weighted by molar-refractivity contribution is 5.82. The number of alkyl halides is 1. The van der Waals surface area contributed by atoms with Gasteiger partial charge in [0, 0.05) is 13.0 Å². The summed E-state index contributed by atoms with van der Waals surface area (Å²) in [7, 11) is 0. The van der Waals surface area contributed by atoms with Gasteiger partial charge in [-0.25, -0.2) is 9.59 Å². The predicted octanol–water partition coefficient (Wildman–Crippen LogP) is -0.230. The van der Waals surface area contributed by atoms with Crippen LogP contribution in [0, 0.1) is 0 Å². The number of unbranched alkanes of at least 4 members (excludes halogenated alkanes) is 1. The van der Waals surface area contributed by atoms with E-state index in [1.807, 2.05) is 0 Å². The number of hydrogen-bond acceptors (Lipinski definition) is 5. The molecule has 0 aromatic rings. The van der Waals surface area contributed by atoms with E-state index in [4.69, 9.17) is 19.8 Å². The Morgan fingerprint density at radius 3 is 2.14 bits per heavy atom. The lowest BCUT2D eigenvalue weighted by Gasteiger charge is -2.14. The van der Waals surface area contributed by atoms with Crippen LogP contribution in [0.3, 0.4) is 0 Å². The van der Waals surface area contributed by atoms with Crippen LogP contribution < -0.4 is 10.6 Å². The minimum absolute atomic E-state index is 0.192. The van der Waals surface area contributed by atoms with Crippen molar-refractivity contribution in [2.24, 2.45) is 0 Å². The van der Waals surface area contributed by atoms with E-state index in [-0.39, 0.29) is 25.5 Å². The zero-order chi connectivity index (χ0) is 16.7. The standard InChI is InChI=1S/C10H17FN2O5.CO2/c11-5-1-2-6-12-10(18)13-7(9(16)17)3-4-8(14)15;2-1-3/h7H,1-6H2,(H,14,15)(H,16,17)(H2,12,13,18);/t7-;/m0./s1. The van der Waals surface area contributed by atoms with Crippen LogP contribution in [0.1, 0.15) is 25.7 Å². The molecule has 0 aliphatic heterocycles. The molecule has 0 saturated carbocycles. The predicted molar refractivity (Wildman–Crippen MR) is 65.0 cm³/mol. The highest BCUT2D eigenvalue weighted by Crippen LogP contribution is 1.98. The minimum atomic E-state index is -1.30. The molecule has 1 atom stereocenters. The lowest BCUT2D eigenvalue weighted by atomic mass is 10.1. The lowest BCUT2D eigenvalue weighted by molar-refractivity contribution is -0.191. The Morgan fingerprint density at radius 2 is 1.71 bits per heavy atom.